The third kappa shape index (κ3) is 4.29. The van der Waals surface area contributed by atoms with Gasteiger partial charge in [0.1, 0.15) is 11.8 Å². The fraction of sp³-hybridized carbons (Fsp3) is 0.333. The van der Waals surface area contributed by atoms with Crippen LogP contribution in [0.3, 0.4) is 0 Å². The van der Waals surface area contributed by atoms with Gasteiger partial charge in [0.05, 0.1) is 5.56 Å². The van der Waals surface area contributed by atoms with E-state index in [0.29, 0.717) is 17.5 Å². The first-order valence-corrected chi connectivity index (χ1v) is 7.06. The molecule has 1 aromatic heterocycles. The summed E-state index contributed by atoms with van der Waals surface area (Å²) in [6.45, 7) is 3.38. The summed E-state index contributed by atoms with van der Waals surface area (Å²) in [5.41, 5.74) is 0.243. The van der Waals surface area contributed by atoms with Gasteiger partial charge in [-0.25, -0.2) is 4.79 Å². The molecule has 1 amide bonds. The van der Waals surface area contributed by atoms with Crippen LogP contribution in [-0.4, -0.2) is 33.2 Å². The zero-order valence-corrected chi connectivity index (χ0v) is 12.8. The van der Waals surface area contributed by atoms with Crippen LogP contribution in [0.5, 0.6) is 5.75 Å². The summed E-state index contributed by atoms with van der Waals surface area (Å²) in [5.74, 6) is -0.509. The second kappa shape index (κ2) is 7.39. The number of nitrogens with zero attached hydrogens (tertiary/aromatic N) is 2. The summed E-state index contributed by atoms with van der Waals surface area (Å²) in [6.07, 6.45) is 0.284. The molecule has 1 atom stereocenters. The maximum Gasteiger partial charge on any atom is 0.326 e. The van der Waals surface area contributed by atoms with Gasteiger partial charge in [-0.15, -0.1) is 0 Å². The number of aryl methyl sites for hydroxylation is 1. The van der Waals surface area contributed by atoms with E-state index in [2.05, 4.69) is 15.5 Å². The molecule has 0 aliphatic heterocycles. The van der Waals surface area contributed by atoms with Crippen molar-refractivity contribution in [1.29, 1.82) is 0 Å². The number of hydrogen-bond acceptors (Lipinski definition) is 6. The van der Waals surface area contributed by atoms with Crippen LogP contribution in [0, 0.1) is 6.92 Å². The van der Waals surface area contributed by atoms with Gasteiger partial charge in [0.15, 0.2) is 6.61 Å². The summed E-state index contributed by atoms with van der Waals surface area (Å²) in [5, 5.41) is 15.2. The van der Waals surface area contributed by atoms with Crippen molar-refractivity contribution in [1.82, 2.24) is 15.5 Å². The van der Waals surface area contributed by atoms with E-state index in [0.717, 1.165) is 0 Å². The standard InChI is InChI=1S/C15H17N3O5/c1-3-11(15(20)21)17-14(19)10-6-4-5-7-12(10)22-8-13-16-9(2)23-18-13/h4-7,11H,3,8H2,1-2H3,(H,17,19)(H,20,21). The molecule has 1 heterocycles. The molecule has 0 spiro atoms. The van der Waals surface area contributed by atoms with Gasteiger partial charge in [-0.2, -0.15) is 4.98 Å². The number of carbonyl (C=O) groups is 2. The van der Waals surface area contributed by atoms with Gasteiger partial charge >= 0.3 is 5.97 Å². The second-order valence-corrected chi connectivity index (χ2v) is 4.79. The summed E-state index contributed by atoms with van der Waals surface area (Å²) >= 11 is 0. The van der Waals surface area contributed by atoms with E-state index in [1.165, 1.54) is 0 Å². The lowest BCUT2D eigenvalue weighted by atomic mass is 10.1. The molecule has 1 aromatic carbocycles. The molecular weight excluding hydrogens is 302 g/mol. The number of rotatable bonds is 7. The zero-order chi connectivity index (χ0) is 16.8. The van der Waals surface area contributed by atoms with Crippen LogP contribution in [0.1, 0.15) is 35.4 Å². The monoisotopic (exact) mass is 319 g/mol. The molecule has 0 saturated carbocycles. The summed E-state index contributed by atoms with van der Waals surface area (Å²) < 4.78 is 10.4. The Morgan fingerprint density at radius 3 is 2.74 bits per heavy atom. The van der Waals surface area contributed by atoms with Gasteiger partial charge < -0.3 is 19.7 Å². The van der Waals surface area contributed by atoms with Crippen LogP contribution in [0.25, 0.3) is 0 Å². The minimum Gasteiger partial charge on any atom is -0.485 e. The number of para-hydroxylation sites is 1. The lowest BCUT2D eigenvalue weighted by molar-refractivity contribution is -0.139. The Kier molecular flexibility index (Phi) is 5.29. The van der Waals surface area contributed by atoms with Crippen LogP contribution in [-0.2, 0) is 11.4 Å². The van der Waals surface area contributed by atoms with Crippen molar-refractivity contribution in [2.45, 2.75) is 32.9 Å². The number of carbonyl (C=O) groups excluding carboxylic acids is 1. The molecule has 0 saturated heterocycles. The van der Waals surface area contributed by atoms with Crippen molar-refractivity contribution in [3.05, 3.63) is 41.5 Å². The first-order chi connectivity index (χ1) is 11.0. The summed E-state index contributed by atoms with van der Waals surface area (Å²) in [4.78, 5) is 27.3. The van der Waals surface area contributed by atoms with Crippen LogP contribution in [0.15, 0.2) is 28.8 Å². The van der Waals surface area contributed by atoms with Crippen molar-refractivity contribution in [3.8, 4) is 5.75 Å². The van der Waals surface area contributed by atoms with E-state index >= 15 is 0 Å². The average Bonchev–Trinajstić information content (AvgIpc) is 2.95. The molecule has 122 valence electrons. The molecule has 0 aliphatic carbocycles. The van der Waals surface area contributed by atoms with Crippen LogP contribution in [0.4, 0.5) is 0 Å². The van der Waals surface area contributed by atoms with Gasteiger partial charge in [-0.3, -0.25) is 4.79 Å². The first-order valence-electron chi connectivity index (χ1n) is 7.06. The molecule has 8 heteroatoms. The fourth-order valence-corrected chi connectivity index (χ4v) is 1.90. The van der Waals surface area contributed by atoms with E-state index in [4.69, 9.17) is 14.4 Å². The lowest BCUT2D eigenvalue weighted by Gasteiger charge is -2.14. The van der Waals surface area contributed by atoms with Crippen molar-refractivity contribution < 1.29 is 24.0 Å². The number of nitrogens with one attached hydrogen (secondary N) is 1. The maximum absolute atomic E-state index is 12.3. The maximum atomic E-state index is 12.3. The number of hydrogen-bond donors (Lipinski definition) is 2. The van der Waals surface area contributed by atoms with Crippen LogP contribution in [0.2, 0.25) is 0 Å². The number of benzene rings is 1. The van der Waals surface area contributed by atoms with Crippen molar-refractivity contribution in [2.24, 2.45) is 0 Å². The van der Waals surface area contributed by atoms with E-state index in [1.54, 1.807) is 38.1 Å². The largest absolute Gasteiger partial charge is 0.485 e. The number of aromatic nitrogens is 2. The first kappa shape index (κ1) is 16.5. The Bertz CT molecular complexity index is 698. The lowest BCUT2D eigenvalue weighted by Crippen LogP contribution is -2.40. The number of carboxylic acids is 1. The number of aliphatic carboxylic acids is 1. The molecule has 23 heavy (non-hydrogen) atoms. The Balaban J connectivity index is 2.10. The predicted molar refractivity (Wildman–Crippen MR) is 79.0 cm³/mol. The van der Waals surface area contributed by atoms with Gasteiger partial charge in [0.25, 0.3) is 5.91 Å². The third-order valence-electron chi connectivity index (χ3n) is 3.07. The van der Waals surface area contributed by atoms with E-state index < -0.39 is 17.9 Å². The van der Waals surface area contributed by atoms with Crippen LogP contribution >= 0.6 is 0 Å². The predicted octanol–water partition coefficient (Wildman–Crippen LogP) is 1.55. The molecule has 2 N–H and O–H groups in total. The SMILES string of the molecule is CCC(NC(=O)c1ccccc1OCc1noc(C)n1)C(=O)O. The molecule has 2 rings (SSSR count). The molecule has 0 radical (unpaired) electrons. The average molecular weight is 319 g/mol. The van der Waals surface area contributed by atoms with Crippen LogP contribution < -0.4 is 10.1 Å². The van der Waals surface area contributed by atoms with Crippen molar-refractivity contribution in [2.75, 3.05) is 0 Å². The van der Waals surface area contributed by atoms with Gasteiger partial charge in [0, 0.05) is 6.92 Å². The summed E-state index contributed by atoms with van der Waals surface area (Å²) in [6, 6.07) is 5.60. The molecule has 0 bridgehead atoms. The highest BCUT2D eigenvalue weighted by Crippen LogP contribution is 2.19. The molecule has 0 fully saturated rings. The van der Waals surface area contributed by atoms with E-state index in [-0.39, 0.29) is 18.6 Å². The minimum absolute atomic E-state index is 0.0395. The Morgan fingerprint density at radius 1 is 1.39 bits per heavy atom. The number of ether oxygens (including phenoxy) is 1. The highest BCUT2D eigenvalue weighted by atomic mass is 16.5. The fourth-order valence-electron chi connectivity index (χ4n) is 1.90. The topological polar surface area (TPSA) is 115 Å². The van der Waals surface area contributed by atoms with E-state index in [9.17, 15) is 9.59 Å². The second-order valence-electron chi connectivity index (χ2n) is 4.79. The van der Waals surface area contributed by atoms with Crippen molar-refractivity contribution in [3.63, 3.8) is 0 Å². The molecule has 8 nitrogen and oxygen atoms in total. The smallest absolute Gasteiger partial charge is 0.326 e. The molecular formula is C15H17N3O5. The van der Waals surface area contributed by atoms with Gasteiger partial charge in [-0.05, 0) is 18.6 Å². The van der Waals surface area contributed by atoms with E-state index in [1.807, 2.05) is 0 Å². The third-order valence-corrected chi connectivity index (χ3v) is 3.07. The Hall–Kier alpha value is -2.90. The summed E-state index contributed by atoms with van der Waals surface area (Å²) in [7, 11) is 0. The Labute approximate surface area is 132 Å². The van der Waals surface area contributed by atoms with Gasteiger partial charge in [-0.1, -0.05) is 24.2 Å². The highest BCUT2D eigenvalue weighted by Gasteiger charge is 2.20. The quantitative estimate of drug-likeness (QED) is 0.795. The molecule has 0 aliphatic rings. The minimum atomic E-state index is -1.08. The normalized spacial score (nSPS) is 11.7. The Morgan fingerprint density at radius 2 is 2.13 bits per heavy atom. The molecule has 1 unspecified atom stereocenters. The molecule has 2 aromatic rings. The highest BCUT2D eigenvalue weighted by molar-refractivity contribution is 5.98. The van der Waals surface area contributed by atoms with Crippen molar-refractivity contribution >= 4 is 11.9 Å². The number of carboxylic acid groups (broad SMARTS) is 1. The zero-order valence-electron chi connectivity index (χ0n) is 12.8. The van der Waals surface area contributed by atoms with Gasteiger partial charge in [0.2, 0.25) is 11.7 Å². The number of amides is 1.